The summed E-state index contributed by atoms with van der Waals surface area (Å²) in [6, 6.07) is 7.93. The minimum absolute atomic E-state index is 0.111. The maximum atomic E-state index is 12.1. The highest BCUT2D eigenvalue weighted by Gasteiger charge is 2.31. The van der Waals surface area contributed by atoms with Gasteiger partial charge in [0.25, 0.3) is 11.8 Å². The first kappa shape index (κ1) is 16.0. The van der Waals surface area contributed by atoms with Gasteiger partial charge in [-0.3, -0.25) is 10.1 Å². The van der Waals surface area contributed by atoms with Crippen LogP contribution in [0.5, 0.6) is 5.75 Å². The number of anilines is 1. The number of amides is 1. The first-order chi connectivity index (χ1) is 11.4. The van der Waals surface area contributed by atoms with E-state index < -0.39 is 18.0 Å². The third-order valence-corrected chi connectivity index (χ3v) is 3.59. The second-order valence-electron chi connectivity index (χ2n) is 4.42. The standard InChI is InChI=1S/C14H8F3N3O3S/c15-14(16,17)23-9-5-3-8(4-6-9)11(21)18-13-20-19-12(22-13)10-2-1-7-24-10/h1-7H,(H,18,20,21). The summed E-state index contributed by atoms with van der Waals surface area (Å²) in [5, 5.41) is 11.7. The van der Waals surface area contributed by atoms with Gasteiger partial charge in [0.15, 0.2) is 0 Å². The zero-order valence-electron chi connectivity index (χ0n) is 11.7. The molecule has 0 saturated heterocycles. The summed E-state index contributed by atoms with van der Waals surface area (Å²) in [5.74, 6) is -0.763. The third kappa shape index (κ3) is 3.90. The molecule has 24 heavy (non-hydrogen) atoms. The Morgan fingerprint density at radius 1 is 1.17 bits per heavy atom. The van der Waals surface area contributed by atoms with E-state index in [2.05, 4.69) is 20.3 Å². The number of alkyl halides is 3. The molecule has 3 rings (SSSR count). The lowest BCUT2D eigenvalue weighted by molar-refractivity contribution is -0.274. The summed E-state index contributed by atoms with van der Waals surface area (Å²) in [7, 11) is 0. The highest BCUT2D eigenvalue weighted by Crippen LogP contribution is 2.25. The fraction of sp³-hybridized carbons (Fsp3) is 0.0714. The maximum Gasteiger partial charge on any atom is 0.573 e. The normalized spacial score (nSPS) is 11.3. The molecule has 0 bridgehead atoms. The van der Waals surface area contributed by atoms with Crippen LogP contribution in [-0.2, 0) is 0 Å². The fourth-order valence-corrected chi connectivity index (χ4v) is 2.40. The van der Waals surface area contributed by atoms with Crippen molar-refractivity contribution in [2.75, 3.05) is 5.32 Å². The number of hydrogen-bond acceptors (Lipinski definition) is 6. The van der Waals surface area contributed by atoms with Crippen molar-refractivity contribution >= 4 is 23.3 Å². The molecule has 1 aromatic carbocycles. The first-order valence-corrected chi connectivity index (χ1v) is 7.33. The van der Waals surface area contributed by atoms with E-state index >= 15 is 0 Å². The van der Waals surface area contributed by atoms with Crippen LogP contribution in [-0.4, -0.2) is 22.5 Å². The minimum atomic E-state index is -4.79. The Morgan fingerprint density at radius 2 is 1.92 bits per heavy atom. The molecule has 1 N–H and O–H groups in total. The molecule has 124 valence electrons. The number of ether oxygens (including phenoxy) is 1. The Kier molecular flexibility index (Phi) is 4.21. The fourth-order valence-electron chi connectivity index (χ4n) is 1.75. The number of carbonyl (C=O) groups is 1. The molecule has 0 radical (unpaired) electrons. The van der Waals surface area contributed by atoms with Gasteiger partial charge in [0.05, 0.1) is 4.88 Å². The van der Waals surface area contributed by atoms with Gasteiger partial charge in [-0.25, -0.2) is 0 Å². The van der Waals surface area contributed by atoms with Crippen molar-refractivity contribution < 1.29 is 27.1 Å². The van der Waals surface area contributed by atoms with E-state index in [4.69, 9.17) is 4.42 Å². The van der Waals surface area contributed by atoms with Gasteiger partial charge in [-0.2, -0.15) is 0 Å². The van der Waals surface area contributed by atoms with E-state index in [0.29, 0.717) is 0 Å². The van der Waals surface area contributed by atoms with Gasteiger partial charge in [0.2, 0.25) is 0 Å². The van der Waals surface area contributed by atoms with Crippen LogP contribution in [0.2, 0.25) is 0 Å². The average molecular weight is 355 g/mol. The molecular formula is C14H8F3N3O3S. The molecule has 1 amide bonds. The molecule has 0 aliphatic heterocycles. The van der Waals surface area contributed by atoms with Crippen LogP contribution < -0.4 is 10.1 Å². The quantitative estimate of drug-likeness (QED) is 0.767. The van der Waals surface area contributed by atoms with Gasteiger partial charge >= 0.3 is 12.4 Å². The van der Waals surface area contributed by atoms with E-state index in [-0.39, 0.29) is 17.5 Å². The summed E-state index contributed by atoms with van der Waals surface area (Å²) in [5.41, 5.74) is 0.111. The van der Waals surface area contributed by atoms with E-state index in [1.54, 1.807) is 6.07 Å². The lowest BCUT2D eigenvalue weighted by Gasteiger charge is -2.08. The van der Waals surface area contributed by atoms with Gasteiger partial charge in [0, 0.05) is 5.56 Å². The van der Waals surface area contributed by atoms with Crippen LogP contribution in [0.1, 0.15) is 10.4 Å². The van der Waals surface area contributed by atoms with E-state index in [1.807, 2.05) is 11.4 Å². The summed E-state index contributed by atoms with van der Waals surface area (Å²) in [6.07, 6.45) is -4.79. The van der Waals surface area contributed by atoms with Crippen LogP contribution in [0.25, 0.3) is 10.8 Å². The van der Waals surface area contributed by atoms with Crippen molar-refractivity contribution in [3.05, 3.63) is 47.3 Å². The van der Waals surface area contributed by atoms with Crippen molar-refractivity contribution in [3.8, 4) is 16.5 Å². The van der Waals surface area contributed by atoms with Gasteiger partial charge in [-0.05, 0) is 35.7 Å². The van der Waals surface area contributed by atoms with Crippen molar-refractivity contribution in [2.45, 2.75) is 6.36 Å². The van der Waals surface area contributed by atoms with Crippen LogP contribution in [0.15, 0.2) is 46.2 Å². The number of aromatic nitrogens is 2. The maximum absolute atomic E-state index is 12.1. The summed E-state index contributed by atoms with van der Waals surface area (Å²) >= 11 is 1.40. The molecule has 6 nitrogen and oxygen atoms in total. The largest absolute Gasteiger partial charge is 0.573 e. The second-order valence-corrected chi connectivity index (χ2v) is 5.36. The molecule has 2 aromatic heterocycles. The predicted molar refractivity (Wildman–Crippen MR) is 78.7 cm³/mol. The molecule has 10 heteroatoms. The topological polar surface area (TPSA) is 77.3 Å². The van der Waals surface area contributed by atoms with Crippen molar-refractivity contribution in [2.24, 2.45) is 0 Å². The van der Waals surface area contributed by atoms with E-state index in [9.17, 15) is 18.0 Å². The molecule has 0 atom stereocenters. The third-order valence-electron chi connectivity index (χ3n) is 2.73. The van der Waals surface area contributed by atoms with Gasteiger partial charge in [0.1, 0.15) is 5.75 Å². The first-order valence-electron chi connectivity index (χ1n) is 6.45. The lowest BCUT2D eigenvalue weighted by atomic mass is 10.2. The summed E-state index contributed by atoms with van der Waals surface area (Å²) in [6.45, 7) is 0. The molecule has 0 fully saturated rings. The molecular weight excluding hydrogens is 347 g/mol. The number of rotatable bonds is 4. The number of benzene rings is 1. The molecule has 0 aliphatic carbocycles. The highest BCUT2D eigenvalue weighted by atomic mass is 32.1. The predicted octanol–water partition coefficient (Wildman–Crippen LogP) is 3.95. The molecule has 0 spiro atoms. The second kappa shape index (κ2) is 6.32. The Labute approximate surface area is 136 Å². The Bertz CT molecular complexity index is 829. The van der Waals surface area contributed by atoms with Gasteiger partial charge in [-0.15, -0.1) is 29.6 Å². The number of nitrogens with one attached hydrogen (secondary N) is 1. The Morgan fingerprint density at radius 3 is 2.54 bits per heavy atom. The molecule has 0 saturated carbocycles. The number of hydrogen-bond donors (Lipinski definition) is 1. The summed E-state index contributed by atoms with van der Waals surface area (Å²) < 4.78 is 45.3. The molecule has 0 aliphatic rings. The van der Waals surface area contributed by atoms with Crippen LogP contribution in [0.3, 0.4) is 0 Å². The number of halogens is 3. The molecule has 2 heterocycles. The monoisotopic (exact) mass is 355 g/mol. The van der Waals surface area contributed by atoms with Crippen LogP contribution in [0, 0.1) is 0 Å². The van der Waals surface area contributed by atoms with Crippen LogP contribution in [0.4, 0.5) is 19.2 Å². The van der Waals surface area contributed by atoms with E-state index in [1.165, 1.54) is 23.5 Å². The zero-order chi connectivity index (χ0) is 17.2. The lowest BCUT2D eigenvalue weighted by Crippen LogP contribution is -2.17. The molecule has 0 unspecified atom stereocenters. The Hall–Kier alpha value is -2.88. The van der Waals surface area contributed by atoms with Gasteiger partial charge < -0.3 is 9.15 Å². The SMILES string of the molecule is O=C(Nc1nnc(-c2cccs2)o1)c1ccc(OC(F)(F)F)cc1. The number of nitrogens with zero attached hydrogens (tertiary/aromatic N) is 2. The van der Waals surface area contributed by atoms with Crippen molar-refractivity contribution in [1.29, 1.82) is 0 Å². The minimum Gasteiger partial charge on any atom is -0.406 e. The zero-order valence-corrected chi connectivity index (χ0v) is 12.5. The summed E-state index contributed by atoms with van der Waals surface area (Å²) in [4.78, 5) is 12.8. The smallest absolute Gasteiger partial charge is 0.406 e. The van der Waals surface area contributed by atoms with E-state index in [0.717, 1.165) is 17.0 Å². The highest BCUT2D eigenvalue weighted by molar-refractivity contribution is 7.13. The van der Waals surface area contributed by atoms with Gasteiger partial charge in [-0.1, -0.05) is 11.2 Å². The number of carbonyl (C=O) groups excluding carboxylic acids is 1. The Balaban J connectivity index is 1.67. The van der Waals surface area contributed by atoms with Crippen molar-refractivity contribution in [1.82, 2.24) is 10.2 Å². The molecule has 3 aromatic rings. The number of thiophene rings is 1. The average Bonchev–Trinajstić information content (AvgIpc) is 3.16. The van der Waals surface area contributed by atoms with Crippen molar-refractivity contribution in [3.63, 3.8) is 0 Å². The van der Waals surface area contributed by atoms with Crippen LogP contribution >= 0.6 is 11.3 Å².